The summed E-state index contributed by atoms with van der Waals surface area (Å²) in [6.45, 7) is 12.3. The molecule has 2 aromatic carbocycles. The van der Waals surface area contributed by atoms with Crippen LogP contribution in [0.3, 0.4) is 0 Å². The van der Waals surface area contributed by atoms with Crippen molar-refractivity contribution in [1.82, 2.24) is 14.5 Å². The Morgan fingerprint density at radius 1 is 0.953 bits per heavy atom. The maximum Gasteiger partial charge on any atom is 0.323 e. The minimum atomic E-state index is -0.461. The molecule has 8 heteroatoms. The Bertz CT molecular complexity index is 1600. The van der Waals surface area contributed by atoms with Crippen LogP contribution in [0.2, 0.25) is 0 Å². The molecular formula is C35H45N5O3. The molecule has 8 nitrogen and oxygen atoms in total. The summed E-state index contributed by atoms with van der Waals surface area (Å²) < 4.78 is 7.71. The van der Waals surface area contributed by atoms with Gasteiger partial charge >= 0.3 is 6.03 Å². The van der Waals surface area contributed by atoms with Crippen molar-refractivity contribution in [2.75, 3.05) is 37.9 Å². The molecule has 43 heavy (non-hydrogen) atoms. The van der Waals surface area contributed by atoms with E-state index < -0.39 is 6.03 Å². The number of urea groups is 1. The SMILES string of the molecule is CCCCn1c(=O)c(NC(=O)Nc2c(C(C)C)cccc2C(C)C)c(-c2cccc(OCCN(C)C)c2)c2cccnc21. The Morgan fingerprint density at radius 2 is 1.63 bits per heavy atom. The van der Waals surface area contributed by atoms with Crippen LogP contribution >= 0.6 is 0 Å². The second-order valence-electron chi connectivity index (χ2n) is 11.8. The monoisotopic (exact) mass is 583 g/mol. The number of likely N-dealkylation sites (N-methyl/N-ethyl adjacent to an activating group) is 1. The van der Waals surface area contributed by atoms with Gasteiger partial charge < -0.3 is 20.3 Å². The van der Waals surface area contributed by atoms with E-state index in [1.807, 2.05) is 68.7 Å². The van der Waals surface area contributed by atoms with Crippen molar-refractivity contribution >= 4 is 28.4 Å². The summed E-state index contributed by atoms with van der Waals surface area (Å²) in [4.78, 5) is 34.7. The number of fused-ring (bicyclic) bond motifs is 1. The van der Waals surface area contributed by atoms with Gasteiger partial charge in [-0.2, -0.15) is 0 Å². The highest BCUT2D eigenvalue weighted by Crippen LogP contribution is 2.36. The molecule has 4 rings (SSSR count). The molecule has 2 amide bonds. The molecule has 0 saturated heterocycles. The van der Waals surface area contributed by atoms with E-state index in [4.69, 9.17) is 4.74 Å². The average molecular weight is 584 g/mol. The lowest BCUT2D eigenvalue weighted by Gasteiger charge is -2.22. The number of amides is 2. The van der Waals surface area contributed by atoms with E-state index in [1.54, 1.807) is 10.8 Å². The van der Waals surface area contributed by atoms with Crippen LogP contribution in [0.4, 0.5) is 16.2 Å². The van der Waals surface area contributed by atoms with Crippen molar-refractivity contribution < 1.29 is 9.53 Å². The number of pyridine rings is 2. The topological polar surface area (TPSA) is 88.5 Å². The van der Waals surface area contributed by atoms with Crippen molar-refractivity contribution in [2.45, 2.75) is 65.8 Å². The van der Waals surface area contributed by atoms with Crippen molar-refractivity contribution in [3.05, 3.63) is 82.3 Å². The number of carbonyl (C=O) groups is 1. The largest absolute Gasteiger partial charge is 0.492 e. The summed E-state index contributed by atoms with van der Waals surface area (Å²) in [6, 6.07) is 17.1. The third-order valence-electron chi connectivity index (χ3n) is 7.54. The Labute approximate surface area is 255 Å². The van der Waals surface area contributed by atoms with E-state index in [9.17, 15) is 9.59 Å². The summed E-state index contributed by atoms with van der Waals surface area (Å²) in [5.41, 5.74) is 4.79. The van der Waals surface area contributed by atoms with Crippen LogP contribution < -0.4 is 20.9 Å². The highest BCUT2D eigenvalue weighted by atomic mass is 16.5. The van der Waals surface area contributed by atoms with Gasteiger partial charge in [0.15, 0.2) is 0 Å². The molecule has 0 aliphatic heterocycles. The van der Waals surface area contributed by atoms with Gasteiger partial charge in [-0.25, -0.2) is 9.78 Å². The number of hydrogen-bond acceptors (Lipinski definition) is 5. The first-order valence-corrected chi connectivity index (χ1v) is 15.2. The van der Waals surface area contributed by atoms with Crippen molar-refractivity contribution in [3.8, 4) is 16.9 Å². The first-order valence-electron chi connectivity index (χ1n) is 15.2. The number of hydrogen-bond donors (Lipinski definition) is 2. The van der Waals surface area contributed by atoms with Crippen LogP contribution in [0.25, 0.3) is 22.2 Å². The van der Waals surface area contributed by atoms with Crippen molar-refractivity contribution in [3.63, 3.8) is 0 Å². The van der Waals surface area contributed by atoms with E-state index in [2.05, 4.69) is 55.1 Å². The lowest BCUT2D eigenvalue weighted by molar-refractivity contribution is 0.261. The minimum absolute atomic E-state index is 0.206. The molecule has 0 saturated carbocycles. The standard InChI is InChI=1S/C35H45N5O3/c1-8-9-19-40-33-29(17-12-18-36-33)30(25-13-10-14-26(22-25)43-21-20-39(6)7)32(34(40)41)38-35(42)37-31-27(23(2)3)15-11-16-28(31)24(4)5/h10-18,22-24H,8-9,19-21H2,1-7H3,(H2,37,38,42). The van der Waals surface area contributed by atoms with Crippen molar-refractivity contribution in [2.24, 2.45) is 0 Å². The predicted molar refractivity (Wildman–Crippen MR) is 178 cm³/mol. The number of carbonyl (C=O) groups excluding carboxylic acids is 1. The normalized spacial score (nSPS) is 11.5. The van der Waals surface area contributed by atoms with Crippen LogP contribution in [0.1, 0.15) is 70.4 Å². The first-order chi connectivity index (χ1) is 20.6. The van der Waals surface area contributed by atoms with E-state index >= 15 is 0 Å². The summed E-state index contributed by atoms with van der Waals surface area (Å²) >= 11 is 0. The van der Waals surface area contributed by atoms with E-state index in [0.717, 1.165) is 47.2 Å². The summed E-state index contributed by atoms with van der Waals surface area (Å²) in [7, 11) is 4.00. The van der Waals surface area contributed by atoms with Gasteiger partial charge in [0.1, 0.15) is 23.7 Å². The summed E-state index contributed by atoms with van der Waals surface area (Å²) in [5, 5.41) is 6.88. The number of benzene rings is 2. The Balaban J connectivity index is 1.85. The van der Waals surface area contributed by atoms with Gasteiger partial charge in [-0.3, -0.25) is 9.36 Å². The number of para-hydroxylation sites is 1. The summed E-state index contributed by atoms with van der Waals surface area (Å²) in [6.07, 6.45) is 3.43. The molecular weight excluding hydrogens is 538 g/mol. The highest BCUT2D eigenvalue weighted by molar-refractivity contribution is 6.07. The van der Waals surface area contributed by atoms with Gasteiger partial charge in [0.2, 0.25) is 0 Å². The van der Waals surface area contributed by atoms with Gasteiger partial charge in [0.25, 0.3) is 5.56 Å². The number of anilines is 2. The van der Waals surface area contributed by atoms with Crippen LogP contribution in [0, 0.1) is 0 Å². The fourth-order valence-electron chi connectivity index (χ4n) is 5.26. The number of aromatic nitrogens is 2. The van der Waals surface area contributed by atoms with E-state index in [1.165, 1.54) is 0 Å². The smallest absolute Gasteiger partial charge is 0.323 e. The lowest BCUT2D eigenvalue weighted by atomic mass is 9.93. The second-order valence-corrected chi connectivity index (χ2v) is 11.8. The van der Waals surface area contributed by atoms with Crippen LogP contribution in [0.15, 0.2) is 65.6 Å². The van der Waals surface area contributed by atoms with Gasteiger partial charge in [0.05, 0.1) is 0 Å². The molecule has 2 aromatic heterocycles. The molecule has 0 radical (unpaired) electrons. The fourth-order valence-corrected chi connectivity index (χ4v) is 5.26. The number of ether oxygens (including phenoxy) is 1. The molecule has 4 aromatic rings. The number of nitrogens with zero attached hydrogens (tertiary/aromatic N) is 3. The number of nitrogens with one attached hydrogen (secondary N) is 2. The number of unbranched alkanes of at least 4 members (excludes halogenated alkanes) is 1. The third kappa shape index (κ3) is 7.43. The van der Waals surface area contributed by atoms with Crippen LogP contribution in [-0.2, 0) is 6.54 Å². The number of rotatable bonds is 12. The van der Waals surface area contributed by atoms with E-state index in [0.29, 0.717) is 30.1 Å². The Kier molecular flexibility index (Phi) is 10.6. The highest BCUT2D eigenvalue weighted by Gasteiger charge is 2.23. The molecule has 0 unspecified atom stereocenters. The molecule has 0 aliphatic carbocycles. The second kappa shape index (κ2) is 14.3. The zero-order valence-corrected chi connectivity index (χ0v) is 26.5. The molecule has 2 heterocycles. The molecule has 228 valence electrons. The summed E-state index contributed by atoms with van der Waals surface area (Å²) in [5.74, 6) is 1.10. The lowest BCUT2D eigenvalue weighted by Crippen LogP contribution is -2.30. The molecule has 0 bridgehead atoms. The molecule has 0 spiro atoms. The quantitative estimate of drug-likeness (QED) is 0.178. The third-order valence-corrected chi connectivity index (χ3v) is 7.54. The molecule has 2 N–H and O–H groups in total. The Morgan fingerprint density at radius 3 is 2.28 bits per heavy atom. The van der Waals surface area contributed by atoms with Crippen molar-refractivity contribution in [1.29, 1.82) is 0 Å². The van der Waals surface area contributed by atoms with Crippen LogP contribution in [-0.4, -0.2) is 47.7 Å². The first kappa shape index (κ1) is 31.8. The minimum Gasteiger partial charge on any atom is -0.492 e. The predicted octanol–water partition coefficient (Wildman–Crippen LogP) is 7.69. The van der Waals surface area contributed by atoms with Gasteiger partial charge in [0, 0.05) is 35.9 Å². The van der Waals surface area contributed by atoms with Gasteiger partial charge in [-0.15, -0.1) is 0 Å². The maximum atomic E-state index is 14.2. The fraction of sp³-hybridized carbons (Fsp3) is 0.400. The zero-order chi connectivity index (χ0) is 31.1. The van der Waals surface area contributed by atoms with Gasteiger partial charge in [-0.1, -0.05) is 71.4 Å². The van der Waals surface area contributed by atoms with E-state index in [-0.39, 0.29) is 23.1 Å². The molecule has 0 atom stereocenters. The maximum absolute atomic E-state index is 14.2. The van der Waals surface area contributed by atoms with Crippen LogP contribution in [0.5, 0.6) is 5.75 Å². The average Bonchev–Trinajstić information content (AvgIpc) is 2.97. The molecule has 0 aliphatic rings. The Hall–Kier alpha value is -4.17. The number of aryl methyl sites for hydroxylation is 1. The zero-order valence-electron chi connectivity index (χ0n) is 26.5. The van der Waals surface area contributed by atoms with Gasteiger partial charge in [-0.05, 0) is 73.3 Å². The molecule has 0 fully saturated rings.